The maximum atomic E-state index is 12.6. The molecule has 0 aliphatic carbocycles. The highest BCUT2D eigenvalue weighted by Gasteiger charge is 2.30. The molecule has 2 aromatic carbocycles. The molecule has 25 heavy (non-hydrogen) atoms. The highest BCUT2D eigenvalue weighted by Crippen LogP contribution is 2.31. The molecule has 0 unspecified atom stereocenters. The van der Waals surface area contributed by atoms with Gasteiger partial charge >= 0.3 is 6.18 Å². The third-order valence-corrected chi connectivity index (χ3v) is 5.19. The maximum Gasteiger partial charge on any atom is 0.416 e. The van der Waals surface area contributed by atoms with Gasteiger partial charge in [0, 0.05) is 19.7 Å². The largest absolute Gasteiger partial charge is 0.416 e. The van der Waals surface area contributed by atoms with E-state index in [2.05, 4.69) is 5.32 Å². The number of benzene rings is 2. The Hall–Kier alpha value is -2.55. The average molecular weight is 372 g/mol. The smallest absolute Gasteiger partial charge is 0.326 e. The second-order valence-electron chi connectivity index (χ2n) is 5.22. The molecule has 0 heterocycles. The lowest BCUT2D eigenvalue weighted by atomic mass is 10.2. The van der Waals surface area contributed by atoms with Gasteiger partial charge in [0.05, 0.1) is 16.1 Å². The van der Waals surface area contributed by atoms with Crippen LogP contribution in [0.4, 0.5) is 24.5 Å². The molecule has 9 heteroatoms. The first-order valence-corrected chi connectivity index (χ1v) is 8.49. The van der Waals surface area contributed by atoms with Crippen LogP contribution in [0.15, 0.2) is 53.4 Å². The van der Waals surface area contributed by atoms with Gasteiger partial charge in [0.1, 0.15) is 0 Å². The summed E-state index contributed by atoms with van der Waals surface area (Å²) >= 11 is 0. The topological polar surface area (TPSA) is 66.5 Å². The van der Waals surface area contributed by atoms with Gasteiger partial charge in [-0.15, -0.1) is 0 Å². The standard InChI is InChI=1S/C16H15F3N2O3S/c1-11(22)20-13-5-9-15(10-6-13)25(23,24)21(2)14-7-3-12(4-8-14)16(17,18)19/h3-10H,1-2H3,(H,20,22). The van der Waals surface area contributed by atoms with Crippen LogP contribution in [0.5, 0.6) is 0 Å². The van der Waals surface area contributed by atoms with E-state index in [1.165, 1.54) is 38.2 Å². The zero-order chi connectivity index (χ0) is 18.8. The first kappa shape index (κ1) is 18.8. The molecule has 2 aromatic rings. The average Bonchev–Trinajstić information content (AvgIpc) is 2.53. The number of anilines is 2. The number of hydrogen-bond donors (Lipinski definition) is 1. The van der Waals surface area contributed by atoms with Crippen molar-refractivity contribution in [3.05, 3.63) is 54.1 Å². The molecule has 5 nitrogen and oxygen atoms in total. The van der Waals surface area contributed by atoms with E-state index in [9.17, 15) is 26.4 Å². The van der Waals surface area contributed by atoms with E-state index in [4.69, 9.17) is 0 Å². The quantitative estimate of drug-likeness (QED) is 0.893. The number of halogens is 3. The number of carbonyl (C=O) groups is 1. The Morgan fingerprint density at radius 1 is 1.00 bits per heavy atom. The molecule has 0 spiro atoms. The normalized spacial score (nSPS) is 11.9. The molecule has 2 rings (SSSR count). The third kappa shape index (κ3) is 4.30. The van der Waals surface area contributed by atoms with Crippen molar-refractivity contribution in [2.75, 3.05) is 16.7 Å². The lowest BCUT2D eigenvalue weighted by Crippen LogP contribution is -2.26. The second kappa shape index (κ2) is 6.75. The summed E-state index contributed by atoms with van der Waals surface area (Å²) in [7, 11) is -2.70. The van der Waals surface area contributed by atoms with Gasteiger partial charge < -0.3 is 5.32 Å². The van der Waals surface area contributed by atoms with Gasteiger partial charge in [-0.05, 0) is 48.5 Å². The Morgan fingerprint density at radius 2 is 1.52 bits per heavy atom. The Labute approximate surface area is 143 Å². The van der Waals surface area contributed by atoms with Crippen LogP contribution in [0.25, 0.3) is 0 Å². The van der Waals surface area contributed by atoms with Crippen molar-refractivity contribution < 1.29 is 26.4 Å². The summed E-state index contributed by atoms with van der Waals surface area (Å²) in [5, 5.41) is 2.51. The fourth-order valence-electron chi connectivity index (χ4n) is 2.07. The monoisotopic (exact) mass is 372 g/mol. The van der Waals surface area contributed by atoms with E-state index < -0.39 is 21.8 Å². The van der Waals surface area contributed by atoms with Gasteiger partial charge in [-0.3, -0.25) is 9.10 Å². The van der Waals surface area contributed by atoms with Gasteiger partial charge in [-0.2, -0.15) is 13.2 Å². The van der Waals surface area contributed by atoms with Crippen molar-refractivity contribution in [3.8, 4) is 0 Å². The summed E-state index contributed by atoms with van der Waals surface area (Å²) in [6, 6.07) is 9.28. The Bertz CT molecular complexity index is 861. The maximum absolute atomic E-state index is 12.6. The zero-order valence-corrected chi connectivity index (χ0v) is 14.1. The van der Waals surface area contributed by atoms with E-state index in [0.717, 1.165) is 28.6 Å². The molecule has 0 atom stereocenters. The minimum absolute atomic E-state index is 0.0519. The van der Waals surface area contributed by atoms with Gasteiger partial charge in [0.15, 0.2) is 0 Å². The van der Waals surface area contributed by atoms with Crippen LogP contribution in [-0.2, 0) is 21.0 Å². The third-order valence-electron chi connectivity index (χ3n) is 3.39. The van der Waals surface area contributed by atoms with Crippen molar-refractivity contribution in [3.63, 3.8) is 0 Å². The van der Waals surface area contributed by atoms with E-state index in [0.29, 0.717) is 5.69 Å². The van der Waals surface area contributed by atoms with Crippen LogP contribution in [0.2, 0.25) is 0 Å². The summed E-state index contributed by atoms with van der Waals surface area (Å²) in [4.78, 5) is 10.9. The highest BCUT2D eigenvalue weighted by atomic mass is 32.2. The molecular weight excluding hydrogens is 357 g/mol. The Morgan fingerprint density at radius 3 is 1.96 bits per heavy atom. The molecule has 0 fully saturated rings. The minimum atomic E-state index is -4.49. The summed E-state index contributed by atoms with van der Waals surface area (Å²) in [6.07, 6.45) is -4.49. The lowest BCUT2D eigenvalue weighted by Gasteiger charge is -2.20. The molecule has 1 N–H and O–H groups in total. The number of hydrogen-bond acceptors (Lipinski definition) is 3. The molecule has 1 amide bonds. The number of sulfonamides is 1. The van der Waals surface area contributed by atoms with Crippen molar-refractivity contribution in [1.29, 1.82) is 0 Å². The number of nitrogens with one attached hydrogen (secondary N) is 1. The molecular formula is C16H15F3N2O3S. The lowest BCUT2D eigenvalue weighted by molar-refractivity contribution is -0.137. The zero-order valence-electron chi connectivity index (χ0n) is 13.3. The number of amides is 1. The number of carbonyl (C=O) groups excluding carboxylic acids is 1. The highest BCUT2D eigenvalue weighted by molar-refractivity contribution is 7.92. The van der Waals surface area contributed by atoms with Crippen LogP contribution in [0, 0.1) is 0 Å². The van der Waals surface area contributed by atoms with Crippen molar-refractivity contribution in [2.24, 2.45) is 0 Å². The Kier molecular flexibility index (Phi) is 5.07. The van der Waals surface area contributed by atoms with Crippen LogP contribution in [0.1, 0.15) is 12.5 Å². The Balaban J connectivity index is 2.27. The molecule has 0 saturated heterocycles. The van der Waals surface area contributed by atoms with Crippen molar-refractivity contribution >= 4 is 27.3 Å². The number of rotatable bonds is 4. The van der Waals surface area contributed by atoms with Crippen LogP contribution in [-0.4, -0.2) is 21.4 Å². The summed E-state index contributed by atoms with van der Waals surface area (Å²) < 4.78 is 63.8. The minimum Gasteiger partial charge on any atom is -0.326 e. The fourth-order valence-corrected chi connectivity index (χ4v) is 3.27. The van der Waals surface area contributed by atoms with Crippen molar-refractivity contribution in [2.45, 2.75) is 18.0 Å². The van der Waals surface area contributed by atoms with E-state index in [1.54, 1.807) is 0 Å². The van der Waals surface area contributed by atoms with Gasteiger partial charge in [-0.25, -0.2) is 8.42 Å². The van der Waals surface area contributed by atoms with Crippen LogP contribution >= 0.6 is 0 Å². The first-order valence-electron chi connectivity index (χ1n) is 7.05. The predicted octanol–water partition coefficient (Wildman–Crippen LogP) is 3.49. The summed E-state index contributed by atoms with van der Waals surface area (Å²) in [5.74, 6) is -0.294. The summed E-state index contributed by atoms with van der Waals surface area (Å²) in [5.41, 5.74) is -0.329. The number of alkyl halides is 3. The SMILES string of the molecule is CC(=O)Nc1ccc(S(=O)(=O)N(C)c2ccc(C(F)(F)F)cc2)cc1. The van der Waals surface area contributed by atoms with Gasteiger partial charge in [0.25, 0.3) is 10.0 Å². The second-order valence-corrected chi connectivity index (χ2v) is 7.19. The number of nitrogens with zero attached hydrogens (tertiary/aromatic N) is 1. The molecule has 0 aromatic heterocycles. The van der Waals surface area contributed by atoms with E-state index in [1.807, 2.05) is 0 Å². The summed E-state index contributed by atoms with van der Waals surface area (Å²) in [6.45, 7) is 1.32. The molecule has 0 aliphatic heterocycles. The van der Waals surface area contributed by atoms with Gasteiger partial charge in [0.2, 0.25) is 5.91 Å². The van der Waals surface area contributed by atoms with Crippen LogP contribution in [0.3, 0.4) is 0 Å². The molecule has 0 saturated carbocycles. The van der Waals surface area contributed by atoms with Gasteiger partial charge in [-0.1, -0.05) is 0 Å². The van der Waals surface area contributed by atoms with Crippen molar-refractivity contribution in [1.82, 2.24) is 0 Å². The predicted molar refractivity (Wildman–Crippen MR) is 87.8 cm³/mol. The molecule has 0 aliphatic rings. The van der Waals surface area contributed by atoms with E-state index >= 15 is 0 Å². The van der Waals surface area contributed by atoms with Crippen LogP contribution < -0.4 is 9.62 Å². The van der Waals surface area contributed by atoms with E-state index in [-0.39, 0.29) is 16.5 Å². The molecule has 134 valence electrons. The first-order chi connectivity index (χ1) is 11.5. The molecule has 0 bridgehead atoms. The molecule has 0 radical (unpaired) electrons. The fraction of sp³-hybridized carbons (Fsp3) is 0.188.